The van der Waals surface area contributed by atoms with Crippen molar-refractivity contribution in [1.29, 1.82) is 0 Å². The third kappa shape index (κ3) is 20.5. The topological polar surface area (TPSA) is 279 Å². The first-order valence-corrected chi connectivity index (χ1v) is 32.7. The van der Waals surface area contributed by atoms with Gasteiger partial charge in [-0.1, -0.05) is 121 Å². The second kappa shape index (κ2) is 35.9. The molecule has 2 rings (SSSR count). The number of allylic oxidation sites excluding steroid dienone is 2. The average molecular weight is 1300 g/mol. The number of aliphatic hydroxyl groups excluding tert-OH is 1. The number of benzene rings is 1. The molecule has 1 aliphatic rings. The summed E-state index contributed by atoms with van der Waals surface area (Å²) in [6, 6.07) is -6.76. The minimum atomic E-state index is -2.12. The van der Waals surface area contributed by atoms with E-state index in [0.717, 1.165) is 21.9 Å². The SMILES string of the molecule is C/C=C/C[C@@H](C)[C@@H](O)[C@H]1C(=O)N[C@@H](CC)C(=O)N(C)CC(=O)N(C)[C@@H](CC(C)C)C(=O)N[C@@H](C(C)C)C(=O)N(C)[C@@H](CC(C)C)C(=O)N[C@@H](C)C(=O)N[C@H](C)C(=O)N(C)[C@@H](CC(C)C)C(=O)N(C)[C@@H](CC(C)C)C(=O)N(C)[C@](c2ccc(F)cc2)(C(C)C)C(=O)N1C. The summed E-state index contributed by atoms with van der Waals surface area (Å²) in [7, 11) is 9.70. The second-order valence-electron chi connectivity index (χ2n) is 27.7. The van der Waals surface area contributed by atoms with E-state index in [4.69, 9.17) is 0 Å². The van der Waals surface area contributed by atoms with Gasteiger partial charge in [-0.3, -0.25) is 52.7 Å². The smallest absolute Gasteiger partial charge is 0.253 e. The van der Waals surface area contributed by atoms with E-state index < -0.39 is 161 Å². The van der Waals surface area contributed by atoms with Crippen LogP contribution in [0.3, 0.4) is 0 Å². The van der Waals surface area contributed by atoms with Crippen LogP contribution in [0.2, 0.25) is 0 Å². The van der Waals surface area contributed by atoms with Gasteiger partial charge in [0.1, 0.15) is 65.7 Å². The molecule has 0 radical (unpaired) electrons. The number of nitrogens with zero attached hydrogens (tertiary/aromatic N) is 7. The fourth-order valence-electron chi connectivity index (χ4n) is 12.0. The van der Waals surface area contributed by atoms with E-state index in [9.17, 15) is 38.7 Å². The monoisotopic (exact) mass is 1300 g/mol. The summed E-state index contributed by atoms with van der Waals surface area (Å²) < 4.78 is 15.1. The van der Waals surface area contributed by atoms with E-state index >= 15 is 23.6 Å². The highest BCUT2D eigenvalue weighted by atomic mass is 19.1. The highest BCUT2D eigenvalue weighted by Crippen LogP contribution is 2.40. The van der Waals surface area contributed by atoms with Crippen molar-refractivity contribution in [3.05, 3.63) is 47.8 Å². The lowest BCUT2D eigenvalue weighted by molar-refractivity contribution is -0.166. The number of hydrogen-bond acceptors (Lipinski definition) is 12. The predicted octanol–water partition coefficient (Wildman–Crippen LogP) is 4.94. The van der Waals surface area contributed by atoms with Crippen molar-refractivity contribution < 1.29 is 62.2 Å². The highest BCUT2D eigenvalue weighted by Gasteiger charge is 2.55. The summed E-state index contributed by atoms with van der Waals surface area (Å²) in [6.45, 7) is 28.9. The van der Waals surface area contributed by atoms with Crippen LogP contribution in [0.1, 0.15) is 162 Å². The summed E-state index contributed by atoms with van der Waals surface area (Å²) in [5.74, 6) is -11.7. The molecule has 24 heteroatoms. The summed E-state index contributed by atoms with van der Waals surface area (Å²) in [5, 5.41) is 23.4. The van der Waals surface area contributed by atoms with Gasteiger partial charge in [-0.15, -0.1) is 0 Å². The number of rotatable bonds is 16. The number of halogens is 1. The average Bonchev–Trinajstić information content (AvgIpc) is 0.745. The van der Waals surface area contributed by atoms with Gasteiger partial charge in [-0.25, -0.2) is 4.39 Å². The largest absolute Gasteiger partial charge is 0.390 e. The molecule has 92 heavy (non-hydrogen) atoms. The fourth-order valence-corrected chi connectivity index (χ4v) is 12.0. The van der Waals surface area contributed by atoms with Crippen molar-refractivity contribution in [2.24, 2.45) is 41.4 Å². The van der Waals surface area contributed by atoms with Crippen LogP contribution in [-0.4, -0.2) is 221 Å². The summed E-state index contributed by atoms with van der Waals surface area (Å²) in [6.07, 6.45) is 2.53. The second-order valence-corrected chi connectivity index (χ2v) is 27.7. The maximum Gasteiger partial charge on any atom is 0.253 e. The van der Waals surface area contributed by atoms with Crippen LogP contribution in [0.4, 0.5) is 4.39 Å². The Labute approximate surface area is 548 Å². The van der Waals surface area contributed by atoms with Gasteiger partial charge in [0.25, 0.3) is 5.91 Å². The molecule has 11 amide bonds. The first-order chi connectivity index (χ1) is 42.6. The molecular formula is C68H114FN11O12. The van der Waals surface area contributed by atoms with E-state index in [2.05, 4.69) is 21.3 Å². The molecule has 12 atom stereocenters. The Bertz CT molecular complexity index is 2740. The zero-order valence-electron chi connectivity index (χ0n) is 59.7. The van der Waals surface area contributed by atoms with Gasteiger partial charge in [-0.05, 0) is 118 Å². The molecule has 1 aromatic rings. The Balaban J connectivity index is 3.17. The number of hydrogen-bond donors (Lipinski definition) is 5. The molecule has 1 fully saturated rings. The van der Waals surface area contributed by atoms with E-state index in [-0.39, 0.29) is 67.8 Å². The Morgan fingerprint density at radius 3 is 1.46 bits per heavy atom. The predicted molar refractivity (Wildman–Crippen MR) is 353 cm³/mol. The third-order valence-electron chi connectivity index (χ3n) is 17.7. The maximum absolute atomic E-state index is 16.2. The van der Waals surface area contributed by atoms with Crippen molar-refractivity contribution >= 4 is 65.0 Å². The summed E-state index contributed by atoms with van der Waals surface area (Å²) in [5.41, 5.74) is -2.00. The summed E-state index contributed by atoms with van der Waals surface area (Å²) in [4.78, 5) is 172. The first kappa shape index (κ1) is 81.1. The molecule has 0 spiro atoms. The number of amides is 11. The minimum Gasteiger partial charge on any atom is -0.390 e. The van der Waals surface area contributed by atoms with Crippen molar-refractivity contribution in [3.63, 3.8) is 0 Å². The zero-order valence-corrected chi connectivity index (χ0v) is 59.7. The molecule has 0 bridgehead atoms. The van der Waals surface area contributed by atoms with Crippen LogP contribution < -0.4 is 21.3 Å². The van der Waals surface area contributed by atoms with Gasteiger partial charge in [-0.2, -0.15) is 0 Å². The van der Waals surface area contributed by atoms with Gasteiger partial charge < -0.3 is 60.7 Å². The lowest BCUT2D eigenvalue weighted by Gasteiger charge is -2.49. The van der Waals surface area contributed by atoms with Crippen LogP contribution >= 0.6 is 0 Å². The normalized spacial score (nSPS) is 26.5. The Kier molecular flexibility index (Phi) is 31.6. The molecule has 0 unspecified atom stereocenters. The highest BCUT2D eigenvalue weighted by molar-refractivity contribution is 6.01. The number of carbonyl (C=O) groups excluding carboxylic acids is 11. The molecule has 0 aliphatic carbocycles. The number of carbonyl (C=O) groups is 11. The van der Waals surface area contributed by atoms with E-state index in [0.29, 0.717) is 0 Å². The van der Waals surface area contributed by atoms with E-state index in [1.54, 1.807) is 60.6 Å². The zero-order chi connectivity index (χ0) is 70.9. The van der Waals surface area contributed by atoms with Crippen molar-refractivity contribution in [2.75, 3.05) is 55.9 Å². The number of aliphatic hydroxyl groups is 1. The molecule has 520 valence electrons. The quantitative estimate of drug-likeness (QED) is 0.138. The van der Waals surface area contributed by atoms with Gasteiger partial charge >= 0.3 is 0 Å². The molecule has 5 N–H and O–H groups in total. The van der Waals surface area contributed by atoms with Crippen LogP contribution in [0.5, 0.6) is 0 Å². The number of nitrogens with one attached hydrogen (secondary N) is 4. The van der Waals surface area contributed by atoms with E-state index in [1.165, 1.54) is 99.8 Å². The molecule has 23 nitrogen and oxygen atoms in total. The van der Waals surface area contributed by atoms with Crippen molar-refractivity contribution in [2.45, 2.75) is 222 Å². The number of likely N-dealkylation sites (N-methyl/N-ethyl adjacent to an activating group) is 7. The Morgan fingerprint density at radius 1 is 0.543 bits per heavy atom. The standard InChI is InChI=1S/C68H114FN11O12/c1-25-27-28-44(15)57(82)56-61(86)72-49(26-2)63(88)74(18)37-54(81)75(19)50(33-38(3)4)60(85)73-55(42(11)12)66(91)76(20)51(34-39(5)6)59(84)70-45(16)58(83)71-46(17)62(87)77(21)52(35-40(7)8)64(89)78(22)53(36-41(9)10)65(90)80(24)68(43(13)14,67(92)79(56)23)47-29-31-48(69)32-30-47/h25,27,29-32,38-46,49-53,55-57,82H,26,28,33-37H2,1-24H3,(H,70,84)(H,71,83)(H,72,86)(H,73,85)/b27-25+/t44-,45+,46-,49+,50+,51+,52+,53+,55+,56+,57-,68+/m1/s1. The van der Waals surface area contributed by atoms with Crippen LogP contribution in [0.25, 0.3) is 0 Å². The van der Waals surface area contributed by atoms with Crippen LogP contribution in [-0.2, 0) is 58.3 Å². The Morgan fingerprint density at radius 2 is 0.989 bits per heavy atom. The summed E-state index contributed by atoms with van der Waals surface area (Å²) >= 11 is 0. The molecule has 1 aliphatic heterocycles. The molecular weight excluding hydrogens is 1180 g/mol. The lowest BCUT2D eigenvalue weighted by atomic mass is 9.76. The fraction of sp³-hybridized carbons (Fsp3) is 0.721. The maximum atomic E-state index is 16.2. The third-order valence-corrected chi connectivity index (χ3v) is 17.7. The molecule has 1 saturated heterocycles. The Hall–Kier alpha value is -6.98. The van der Waals surface area contributed by atoms with Crippen molar-refractivity contribution in [1.82, 2.24) is 55.6 Å². The molecule has 1 aromatic carbocycles. The molecule has 0 saturated carbocycles. The molecule has 1 heterocycles. The lowest BCUT2D eigenvalue weighted by Crippen LogP contribution is -2.67. The molecule has 0 aromatic heterocycles. The minimum absolute atomic E-state index is 0.0358. The van der Waals surface area contributed by atoms with Gasteiger partial charge in [0.05, 0.1) is 12.6 Å². The van der Waals surface area contributed by atoms with E-state index in [1.807, 2.05) is 55.4 Å². The van der Waals surface area contributed by atoms with Crippen LogP contribution in [0, 0.1) is 47.2 Å². The van der Waals surface area contributed by atoms with Gasteiger partial charge in [0, 0.05) is 49.3 Å². The van der Waals surface area contributed by atoms with Gasteiger partial charge in [0.2, 0.25) is 59.1 Å². The van der Waals surface area contributed by atoms with Crippen molar-refractivity contribution in [3.8, 4) is 0 Å². The van der Waals surface area contributed by atoms with Gasteiger partial charge in [0.15, 0.2) is 0 Å². The van der Waals surface area contributed by atoms with Crippen LogP contribution in [0.15, 0.2) is 36.4 Å². The first-order valence-electron chi connectivity index (χ1n) is 32.7.